The molecular formula is C20H24N2O7. The van der Waals surface area contributed by atoms with Crippen molar-refractivity contribution < 1.29 is 33.7 Å². The predicted octanol–water partition coefficient (Wildman–Crippen LogP) is 0.214. The lowest BCUT2D eigenvalue weighted by atomic mass is 10.1. The number of methoxy groups -OCH3 is 1. The summed E-state index contributed by atoms with van der Waals surface area (Å²) < 4.78 is 15.7. The van der Waals surface area contributed by atoms with Crippen molar-refractivity contribution in [3.63, 3.8) is 0 Å². The van der Waals surface area contributed by atoms with Crippen molar-refractivity contribution in [1.29, 1.82) is 0 Å². The number of aliphatic hydroxyl groups is 2. The first kappa shape index (κ1) is 20.8. The van der Waals surface area contributed by atoms with Gasteiger partial charge < -0.3 is 34.7 Å². The van der Waals surface area contributed by atoms with E-state index in [1.54, 1.807) is 25.3 Å². The molecule has 1 aliphatic heterocycles. The largest absolute Gasteiger partial charge is 0.497 e. The van der Waals surface area contributed by atoms with E-state index in [4.69, 9.17) is 13.9 Å². The molecule has 2 aromatic rings. The van der Waals surface area contributed by atoms with E-state index in [2.05, 4.69) is 10.6 Å². The smallest absolute Gasteiger partial charge is 0.287 e. The van der Waals surface area contributed by atoms with Crippen LogP contribution in [0, 0.1) is 0 Å². The Kier molecular flexibility index (Phi) is 6.86. The normalized spacial score (nSPS) is 23.6. The molecule has 1 saturated heterocycles. The van der Waals surface area contributed by atoms with E-state index in [1.165, 1.54) is 12.3 Å². The Morgan fingerprint density at radius 1 is 1.07 bits per heavy atom. The SMILES string of the molecule is COc1ccc(CNC(=O)C[C@@H]2O[C@H](CNC(=O)c3ccco3)[C@@H](O)[C@@H]2O)cc1. The number of carbonyl (C=O) groups excluding carboxylic acids is 2. The Morgan fingerprint density at radius 2 is 1.79 bits per heavy atom. The Bertz CT molecular complexity index is 807. The molecule has 4 N–H and O–H groups in total. The molecule has 0 spiro atoms. The van der Waals surface area contributed by atoms with E-state index >= 15 is 0 Å². The fraction of sp³-hybridized carbons (Fsp3) is 0.400. The summed E-state index contributed by atoms with van der Waals surface area (Å²) in [6.07, 6.45) is -2.88. The molecule has 1 aromatic heterocycles. The third-order valence-corrected chi connectivity index (χ3v) is 4.71. The van der Waals surface area contributed by atoms with Gasteiger partial charge in [-0.2, -0.15) is 0 Å². The van der Waals surface area contributed by atoms with E-state index < -0.39 is 30.3 Å². The molecule has 0 unspecified atom stereocenters. The molecule has 1 fully saturated rings. The average Bonchev–Trinajstić information content (AvgIpc) is 3.36. The molecule has 4 atom stereocenters. The maximum absolute atomic E-state index is 12.2. The molecule has 0 saturated carbocycles. The number of carbonyl (C=O) groups is 2. The molecule has 1 aliphatic rings. The summed E-state index contributed by atoms with van der Waals surface area (Å²) in [5.74, 6) is 0.0764. The second kappa shape index (κ2) is 9.55. The maximum atomic E-state index is 12.2. The van der Waals surface area contributed by atoms with Crippen molar-refractivity contribution in [2.45, 2.75) is 37.4 Å². The molecule has 3 rings (SSSR count). The second-order valence-electron chi connectivity index (χ2n) is 6.71. The molecule has 1 aromatic carbocycles. The van der Waals surface area contributed by atoms with Crippen LogP contribution in [0.5, 0.6) is 5.75 Å². The number of aliphatic hydroxyl groups excluding tert-OH is 2. The zero-order valence-corrected chi connectivity index (χ0v) is 15.9. The Balaban J connectivity index is 1.45. The van der Waals surface area contributed by atoms with Gasteiger partial charge in [0, 0.05) is 13.1 Å². The van der Waals surface area contributed by atoms with Crippen molar-refractivity contribution in [1.82, 2.24) is 10.6 Å². The minimum absolute atomic E-state index is 0.0261. The van der Waals surface area contributed by atoms with Crippen LogP contribution in [0.4, 0.5) is 0 Å². The van der Waals surface area contributed by atoms with E-state index in [1.807, 2.05) is 12.1 Å². The third-order valence-electron chi connectivity index (χ3n) is 4.71. The first-order chi connectivity index (χ1) is 14.0. The highest BCUT2D eigenvalue weighted by molar-refractivity contribution is 5.91. The summed E-state index contributed by atoms with van der Waals surface area (Å²) in [6, 6.07) is 10.3. The minimum atomic E-state index is -1.23. The molecule has 156 valence electrons. The minimum Gasteiger partial charge on any atom is -0.497 e. The summed E-state index contributed by atoms with van der Waals surface area (Å²) in [4.78, 5) is 24.1. The number of ether oxygens (including phenoxy) is 2. The van der Waals surface area contributed by atoms with Crippen molar-refractivity contribution in [3.05, 3.63) is 54.0 Å². The van der Waals surface area contributed by atoms with Gasteiger partial charge in [0.15, 0.2) is 5.76 Å². The fourth-order valence-electron chi connectivity index (χ4n) is 3.05. The molecule has 0 aliphatic carbocycles. The molecule has 2 heterocycles. The van der Waals surface area contributed by atoms with Gasteiger partial charge >= 0.3 is 0 Å². The quantitative estimate of drug-likeness (QED) is 0.495. The van der Waals surface area contributed by atoms with Crippen LogP contribution in [-0.2, 0) is 16.1 Å². The van der Waals surface area contributed by atoms with Gasteiger partial charge in [-0.25, -0.2) is 0 Å². The van der Waals surface area contributed by atoms with E-state index in [0.29, 0.717) is 6.54 Å². The summed E-state index contributed by atoms with van der Waals surface area (Å²) in [6.45, 7) is 0.290. The van der Waals surface area contributed by atoms with Crippen LogP contribution in [0.25, 0.3) is 0 Å². The summed E-state index contributed by atoms with van der Waals surface area (Å²) >= 11 is 0. The number of benzene rings is 1. The van der Waals surface area contributed by atoms with Gasteiger partial charge in [-0.1, -0.05) is 12.1 Å². The van der Waals surface area contributed by atoms with Crippen LogP contribution < -0.4 is 15.4 Å². The average molecular weight is 404 g/mol. The van der Waals surface area contributed by atoms with Gasteiger partial charge in [0.05, 0.1) is 25.9 Å². The van der Waals surface area contributed by atoms with Gasteiger partial charge in [0.2, 0.25) is 5.91 Å². The van der Waals surface area contributed by atoms with Crippen molar-refractivity contribution >= 4 is 11.8 Å². The molecule has 29 heavy (non-hydrogen) atoms. The first-order valence-corrected chi connectivity index (χ1v) is 9.21. The van der Waals surface area contributed by atoms with Crippen LogP contribution in [-0.4, -0.2) is 60.1 Å². The topological polar surface area (TPSA) is 130 Å². The monoisotopic (exact) mass is 404 g/mol. The summed E-state index contributed by atoms with van der Waals surface area (Å²) in [7, 11) is 1.58. The molecule has 0 radical (unpaired) electrons. The highest BCUT2D eigenvalue weighted by atomic mass is 16.5. The Hall–Kier alpha value is -2.88. The van der Waals surface area contributed by atoms with Crippen LogP contribution in [0.3, 0.4) is 0 Å². The van der Waals surface area contributed by atoms with Crippen LogP contribution in [0.15, 0.2) is 47.1 Å². The van der Waals surface area contributed by atoms with Gasteiger partial charge in [-0.05, 0) is 29.8 Å². The lowest BCUT2D eigenvalue weighted by Gasteiger charge is -2.15. The molecular weight excluding hydrogens is 380 g/mol. The fourth-order valence-corrected chi connectivity index (χ4v) is 3.05. The van der Waals surface area contributed by atoms with E-state index in [0.717, 1.165) is 11.3 Å². The molecule has 0 bridgehead atoms. The van der Waals surface area contributed by atoms with Crippen molar-refractivity contribution in [2.75, 3.05) is 13.7 Å². The first-order valence-electron chi connectivity index (χ1n) is 9.21. The molecule has 9 heteroatoms. The van der Waals surface area contributed by atoms with Gasteiger partial charge in [0.25, 0.3) is 5.91 Å². The lowest BCUT2D eigenvalue weighted by Crippen LogP contribution is -2.40. The molecule has 2 amide bonds. The maximum Gasteiger partial charge on any atom is 0.287 e. The van der Waals surface area contributed by atoms with Crippen LogP contribution in [0.2, 0.25) is 0 Å². The number of amides is 2. The van der Waals surface area contributed by atoms with Gasteiger partial charge in [-0.15, -0.1) is 0 Å². The zero-order valence-electron chi connectivity index (χ0n) is 15.9. The Morgan fingerprint density at radius 3 is 2.45 bits per heavy atom. The zero-order chi connectivity index (χ0) is 20.8. The van der Waals surface area contributed by atoms with Crippen LogP contribution >= 0.6 is 0 Å². The lowest BCUT2D eigenvalue weighted by molar-refractivity contribution is -0.125. The molecule has 9 nitrogen and oxygen atoms in total. The van der Waals surface area contributed by atoms with Gasteiger partial charge in [0.1, 0.15) is 24.1 Å². The summed E-state index contributed by atoms with van der Waals surface area (Å²) in [5, 5.41) is 25.6. The summed E-state index contributed by atoms with van der Waals surface area (Å²) in [5.41, 5.74) is 0.894. The second-order valence-corrected chi connectivity index (χ2v) is 6.71. The third kappa shape index (κ3) is 5.35. The standard InChI is InChI=1S/C20H24N2O7/c1-27-13-6-4-12(5-7-13)10-21-17(23)9-15-18(24)19(25)16(29-15)11-22-20(26)14-3-2-8-28-14/h2-8,15-16,18-19,24-25H,9-11H2,1H3,(H,21,23)(H,22,26)/t15-,16+,18+,19+/m0/s1. The van der Waals surface area contributed by atoms with Crippen molar-refractivity contribution in [3.8, 4) is 5.75 Å². The number of furan rings is 1. The number of rotatable bonds is 8. The van der Waals surface area contributed by atoms with E-state index in [9.17, 15) is 19.8 Å². The predicted molar refractivity (Wildman–Crippen MR) is 101 cm³/mol. The Labute approximate surface area is 167 Å². The highest BCUT2D eigenvalue weighted by Crippen LogP contribution is 2.23. The van der Waals surface area contributed by atoms with Crippen molar-refractivity contribution in [2.24, 2.45) is 0 Å². The van der Waals surface area contributed by atoms with E-state index in [-0.39, 0.29) is 24.6 Å². The van der Waals surface area contributed by atoms with Crippen LogP contribution in [0.1, 0.15) is 22.5 Å². The number of hydrogen-bond acceptors (Lipinski definition) is 7. The van der Waals surface area contributed by atoms with Gasteiger partial charge in [-0.3, -0.25) is 9.59 Å². The highest BCUT2D eigenvalue weighted by Gasteiger charge is 2.43. The number of nitrogens with one attached hydrogen (secondary N) is 2. The number of hydrogen-bond donors (Lipinski definition) is 4.